The van der Waals surface area contributed by atoms with Gasteiger partial charge >= 0.3 is 5.97 Å². The van der Waals surface area contributed by atoms with Crippen LogP contribution in [0.1, 0.15) is 41.3 Å². The molecule has 0 saturated carbocycles. The number of aryl methyl sites for hydroxylation is 1. The summed E-state index contributed by atoms with van der Waals surface area (Å²) in [6, 6.07) is 13.2. The first kappa shape index (κ1) is 24.1. The zero-order chi connectivity index (χ0) is 24.3. The third-order valence-electron chi connectivity index (χ3n) is 6.08. The highest BCUT2D eigenvalue weighted by Gasteiger charge is 2.30. The molecule has 1 atom stereocenters. The quantitative estimate of drug-likeness (QED) is 0.492. The molecule has 1 aromatic heterocycles. The van der Waals surface area contributed by atoms with Crippen LogP contribution in [0.25, 0.3) is 10.9 Å². The summed E-state index contributed by atoms with van der Waals surface area (Å²) in [5.41, 5.74) is 2.11. The Hall–Kier alpha value is -3.01. The van der Waals surface area contributed by atoms with E-state index in [0.717, 1.165) is 30.2 Å². The molecule has 1 aliphatic rings. The molecule has 4 rings (SSSR count). The third kappa shape index (κ3) is 5.06. The average molecular weight is 485 g/mol. The number of H-pyrrole nitrogens is 1. The van der Waals surface area contributed by atoms with Crippen molar-refractivity contribution in [2.45, 2.75) is 43.7 Å². The molecule has 0 unspecified atom stereocenters. The number of ether oxygens (including phenoxy) is 2. The Morgan fingerprint density at radius 1 is 1.18 bits per heavy atom. The van der Waals surface area contributed by atoms with Gasteiger partial charge in [0.2, 0.25) is 10.0 Å². The first-order chi connectivity index (χ1) is 16.3. The number of esters is 1. The van der Waals surface area contributed by atoms with Crippen molar-refractivity contribution < 1.29 is 22.7 Å². The topological polar surface area (TPSA) is 106 Å². The summed E-state index contributed by atoms with van der Waals surface area (Å²) in [6.07, 6.45) is 2.23. The lowest BCUT2D eigenvalue weighted by Gasteiger charge is -2.25. The lowest BCUT2D eigenvalue weighted by molar-refractivity contribution is 0.0600. The van der Waals surface area contributed by atoms with Crippen LogP contribution in [-0.4, -0.2) is 50.0 Å². The number of benzene rings is 2. The fraction of sp³-hybridized carbons (Fsp3) is 0.360. The van der Waals surface area contributed by atoms with Gasteiger partial charge in [-0.15, -0.1) is 0 Å². The molecule has 2 heterocycles. The van der Waals surface area contributed by atoms with Gasteiger partial charge < -0.3 is 14.5 Å². The molecule has 8 nitrogen and oxygen atoms in total. The SMILES string of the molecule is CCc1ccc2[nH]c(=O)c(CN(C[C@H]3CCCO3)S(=O)(=O)c3ccc(C(=O)OC)cc3)cc2c1. The number of rotatable bonds is 8. The van der Waals surface area contributed by atoms with E-state index < -0.39 is 16.0 Å². The van der Waals surface area contributed by atoms with Crippen molar-refractivity contribution in [1.29, 1.82) is 0 Å². The minimum atomic E-state index is -3.97. The van der Waals surface area contributed by atoms with E-state index in [2.05, 4.69) is 16.6 Å². The molecule has 0 bridgehead atoms. The number of sulfonamides is 1. The van der Waals surface area contributed by atoms with Gasteiger partial charge in [-0.05, 0) is 72.7 Å². The highest BCUT2D eigenvalue weighted by molar-refractivity contribution is 7.89. The number of aromatic amines is 1. The van der Waals surface area contributed by atoms with Gasteiger partial charge in [0.05, 0.1) is 23.7 Å². The van der Waals surface area contributed by atoms with Gasteiger partial charge in [-0.2, -0.15) is 4.31 Å². The zero-order valence-electron chi connectivity index (χ0n) is 19.2. The number of nitrogens with zero attached hydrogens (tertiary/aromatic N) is 1. The van der Waals surface area contributed by atoms with Gasteiger partial charge in [0.25, 0.3) is 5.56 Å². The molecule has 3 aromatic rings. The summed E-state index contributed by atoms with van der Waals surface area (Å²) in [5, 5.41) is 0.853. The van der Waals surface area contributed by atoms with Gasteiger partial charge in [0, 0.05) is 30.8 Å². The van der Waals surface area contributed by atoms with Crippen molar-refractivity contribution in [1.82, 2.24) is 9.29 Å². The van der Waals surface area contributed by atoms with Gasteiger partial charge in [-0.3, -0.25) is 4.79 Å². The van der Waals surface area contributed by atoms with Crippen LogP contribution >= 0.6 is 0 Å². The Kier molecular flexibility index (Phi) is 7.16. The van der Waals surface area contributed by atoms with E-state index in [0.29, 0.717) is 17.7 Å². The smallest absolute Gasteiger partial charge is 0.337 e. The Morgan fingerprint density at radius 2 is 1.94 bits per heavy atom. The molecule has 1 saturated heterocycles. The number of hydrogen-bond donors (Lipinski definition) is 1. The Bertz CT molecular complexity index is 1340. The largest absolute Gasteiger partial charge is 0.465 e. The van der Waals surface area contributed by atoms with Crippen LogP contribution in [0.4, 0.5) is 0 Å². The predicted octanol–water partition coefficient (Wildman–Crippen LogP) is 3.25. The minimum absolute atomic E-state index is 0.0311. The molecular formula is C25H28N2O6S. The summed E-state index contributed by atoms with van der Waals surface area (Å²) < 4.78 is 38.9. The summed E-state index contributed by atoms with van der Waals surface area (Å²) in [5.74, 6) is -0.547. The van der Waals surface area contributed by atoms with Crippen molar-refractivity contribution >= 4 is 26.9 Å². The normalized spacial score (nSPS) is 16.3. The molecule has 34 heavy (non-hydrogen) atoms. The van der Waals surface area contributed by atoms with E-state index in [9.17, 15) is 18.0 Å². The van der Waals surface area contributed by atoms with Gasteiger partial charge in [-0.1, -0.05) is 13.0 Å². The van der Waals surface area contributed by atoms with E-state index in [1.165, 1.54) is 35.7 Å². The van der Waals surface area contributed by atoms with Crippen molar-refractivity contribution in [3.63, 3.8) is 0 Å². The second-order valence-corrected chi connectivity index (χ2v) is 10.3. The molecular weight excluding hydrogens is 456 g/mol. The minimum Gasteiger partial charge on any atom is -0.465 e. The number of fused-ring (bicyclic) bond motifs is 1. The van der Waals surface area contributed by atoms with Crippen LogP contribution in [0.15, 0.2) is 58.2 Å². The maximum Gasteiger partial charge on any atom is 0.337 e. The molecule has 0 aliphatic carbocycles. The van der Waals surface area contributed by atoms with Crippen LogP contribution in [0.2, 0.25) is 0 Å². The number of hydrogen-bond acceptors (Lipinski definition) is 6. The molecule has 0 amide bonds. The zero-order valence-corrected chi connectivity index (χ0v) is 20.1. The highest BCUT2D eigenvalue weighted by Crippen LogP contribution is 2.23. The van der Waals surface area contributed by atoms with Crippen LogP contribution < -0.4 is 5.56 Å². The fourth-order valence-corrected chi connectivity index (χ4v) is 5.57. The van der Waals surface area contributed by atoms with E-state index in [1.807, 2.05) is 18.2 Å². The molecule has 1 fully saturated rings. The van der Waals surface area contributed by atoms with E-state index in [1.54, 1.807) is 6.07 Å². The fourth-order valence-electron chi connectivity index (χ4n) is 4.12. The summed E-state index contributed by atoms with van der Waals surface area (Å²) in [4.78, 5) is 27.4. The van der Waals surface area contributed by atoms with Crippen LogP contribution in [0, 0.1) is 0 Å². The third-order valence-corrected chi connectivity index (χ3v) is 7.91. The second kappa shape index (κ2) is 10.1. The van der Waals surface area contributed by atoms with Crippen molar-refractivity contribution in [3.05, 3.63) is 75.6 Å². The summed E-state index contributed by atoms with van der Waals surface area (Å²) >= 11 is 0. The van der Waals surface area contributed by atoms with Crippen molar-refractivity contribution in [2.75, 3.05) is 20.3 Å². The molecule has 0 radical (unpaired) electrons. The summed E-state index contributed by atoms with van der Waals surface area (Å²) in [7, 11) is -2.71. The van der Waals surface area contributed by atoms with Crippen molar-refractivity contribution in [2.24, 2.45) is 0 Å². The number of aromatic nitrogens is 1. The maximum atomic E-state index is 13.6. The maximum absolute atomic E-state index is 13.6. The van der Waals surface area contributed by atoms with Crippen LogP contribution in [0.3, 0.4) is 0 Å². The number of carbonyl (C=O) groups excluding carboxylic acids is 1. The first-order valence-corrected chi connectivity index (χ1v) is 12.7. The van der Waals surface area contributed by atoms with Crippen LogP contribution in [-0.2, 0) is 32.5 Å². The van der Waals surface area contributed by atoms with E-state index in [4.69, 9.17) is 4.74 Å². The molecule has 180 valence electrons. The standard InChI is InChI=1S/C25H28N2O6S/c1-3-17-6-11-23-19(13-17)14-20(24(28)26-23)15-27(16-21-5-4-12-33-21)34(30,31)22-9-7-18(8-10-22)25(29)32-2/h6-11,13-14,21H,3-5,12,15-16H2,1-2H3,(H,26,28)/t21-/m1/s1. The molecule has 0 spiro atoms. The number of methoxy groups -OCH3 is 1. The lowest BCUT2D eigenvalue weighted by atomic mass is 10.1. The molecule has 2 aromatic carbocycles. The van der Waals surface area contributed by atoms with Gasteiger partial charge in [0.1, 0.15) is 0 Å². The predicted molar refractivity (Wildman–Crippen MR) is 128 cm³/mol. The number of carbonyl (C=O) groups is 1. The molecule has 1 aliphatic heterocycles. The number of nitrogens with one attached hydrogen (secondary N) is 1. The van der Waals surface area contributed by atoms with Crippen molar-refractivity contribution in [3.8, 4) is 0 Å². The van der Waals surface area contributed by atoms with Crippen LogP contribution in [0.5, 0.6) is 0 Å². The Balaban J connectivity index is 1.70. The Morgan fingerprint density at radius 3 is 2.59 bits per heavy atom. The second-order valence-electron chi connectivity index (χ2n) is 8.35. The molecule has 1 N–H and O–H groups in total. The van der Waals surface area contributed by atoms with E-state index in [-0.39, 0.29) is 35.2 Å². The first-order valence-electron chi connectivity index (χ1n) is 11.3. The lowest BCUT2D eigenvalue weighted by Crippen LogP contribution is -2.38. The average Bonchev–Trinajstić information content (AvgIpc) is 3.36. The Labute approximate surface area is 198 Å². The van der Waals surface area contributed by atoms with Gasteiger partial charge in [-0.25, -0.2) is 13.2 Å². The summed E-state index contributed by atoms with van der Waals surface area (Å²) in [6.45, 7) is 2.67. The van der Waals surface area contributed by atoms with E-state index >= 15 is 0 Å². The highest BCUT2D eigenvalue weighted by atomic mass is 32.2. The monoisotopic (exact) mass is 484 g/mol. The molecule has 9 heteroatoms. The number of pyridine rings is 1. The van der Waals surface area contributed by atoms with Gasteiger partial charge in [0.15, 0.2) is 0 Å².